The number of rotatable bonds is 3. The van der Waals surface area contributed by atoms with Crippen LogP contribution in [0.25, 0.3) is 0 Å². The average Bonchev–Trinajstić information content (AvgIpc) is 2.46. The van der Waals surface area contributed by atoms with E-state index in [1.54, 1.807) is 0 Å². The minimum atomic E-state index is -3.65. The number of carbonyl (C=O) groups is 1. The van der Waals surface area contributed by atoms with Crippen molar-refractivity contribution in [2.75, 3.05) is 20.2 Å². The molecule has 6 nitrogen and oxygen atoms in total. The summed E-state index contributed by atoms with van der Waals surface area (Å²) < 4.78 is 31.0. The van der Waals surface area contributed by atoms with Crippen molar-refractivity contribution in [3.63, 3.8) is 0 Å². The summed E-state index contributed by atoms with van der Waals surface area (Å²) >= 11 is 5.97. The molecule has 1 aromatic carbocycles. The number of halogens is 2. The van der Waals surface area contributed by atoms with Gasteiger partial charge >= 0.3 is 5.97 Å². The fraction of sp³-hybridized carbons (Fsp3) is 0.462. The number of nitrogens with two attached hydrogens (primary N) is 1. The number of carbonyl (C=O) groups excluding carboxylic acids is 1. The van der Waals surface area contributed by atoms with Gasteiger partial charge in [-0.25, -0.2) is 13.2 Å². The predicted molar refractivity (Wildman–Crippen MR) is 86.0 cm³/mol. The Morgan fingerprint density at radius 3 is 2.68 bits per heavy atom. The highest BCUT2D eigenvalue weighted by Crippen LogP contribution is 2.25. The molecule has 1 fully saturated rings. The average molecular weight is 369 g/mol. The van der Waals surface area contributed by atoms with Crippen molar-refractivity contribution in [1.29, 1.82) is 0 Å². The van der Waals surface area contributed by atoms with Gasteiger partial charge in [0.05, 0.1) is 22.6 Å². The van der Waals surface area contributed by atoms with Crippen LogP contribution in [0, 0.1) is 0 Å². The van der Waals surface area contributed by atoms with Crippen LogP contribution >= 0.6 is 24.0 Å². The van der Waals surface area contributed by atoms with Crippen molar-refractivity contribution in [1.82, 2.24) is 4.31 Å². The highest BCUT2D eigenvalue weighted by Gasteiger charge is 2.29. The summed E-state index contributed by atoms with van der Waals surface area (Å²) in [4.78, 5) is 11.5. The lowest BCUT2D eigenvalue weighted by molar-refractivity contribution is 0.0601. The molecule has 1 saturated heterocycles. The minimum Gasteiger partial charge on any atom is -0.465 e. The van der Waals surface area contributed by atoms with Gasteiger partial charge in [-0.2, -0.15) is 4.31 Å². The molecule has 2 N–H and O–H groups in total. The van der Waals surface area contributed by atoms with Crippen molar-refractivity contribution in [2.45, 2.75) is 23.8 Å². The van der Waals surface area contributed by atoms with Gasteiger partial charge in [0.15, 0.2) is 0 Å². The smallest absolute Gasteiger partial charge is 0.339 e. The lowest BCUT2D eigenvalue weighted by atomic mass is 10.1. The molecule has 0 aliphatic carbocycles. The van der Waals surface area contributed by atoms with Crippen LogP contribution in [0.1, 0.15) is 23.2 Å². The van der Waals surface area contributed by atoms with E-state index in [1.165, 1.54) is 29.6 Å². The molecule has 0 spiro atoms. The molecule has 1 aliphatic heterocycles. The maximum atomic E-state index is 12.5. The molecule has 22 heavy (non-hydrogen) atoms. The van der Waals surface area contributed by atoms with Crippen LogP contribution in [0.2, 0.25) is 5.02 Å². The summed E-state index contributed by atoms with van der Waals surface area (Å²) in [7, 11) is -2.42. The first-order valence-electron chi connectivity index (χ1n) is 6.50. The molecule has 1 aliphatic rings. The van der Waals surface area contributed by atoms with Gasteiger partial charge < -0.3 is 10.5 Å². The second kappa shape index (κ2) is 7.61. The molecule has 0 bridgehead atoms. The zero-order valence-corrected chi connectivity index (χ0v) is 14.4. The molecule has 0 amide bonds. The van der Waals surface area contributed by atoms with Gasteiger partial charge in [0.1, 0.15) is 0 Å². The summed E-state index contributed by atoms with van der Waals surface area (Å²) in [5.74, 6) is -0.607. The van der Waals surface area contributed by atoms with Crippen molar-refractivity contribution < 1.29 is 17.9 Å². The second-order valence-corrected chi connectivity index (χ2v) is 7.24. The monoisotopic (exact) mass is 368 g/mol. The van der Waals surface area contributed by atoms with Crippen LogP contribution < -0.4 is 5.73 Å². The third-order valence-corrected chi connectivity index (χ3v) is 5.58. The molecule has 0 aromatic heterocycles. The number of nitrogens with zero attached hydrogens (tertiary/aromatic N) is 1. The molecule has 1 unspecified atom stereocenters. The Kier molecular flexibility index (Phi) is 6.64. The number of piperidine rings is 1. The highest BCUT2D eigenvalue weighted by molar-refractivity contribution is 7.89. The van der Waals surface area contributed by atoms with Gasteiger partial charge in [-0.3, -0.25) is 0 Å². The Bertz CT molecular complexity index is 651. The van der Waals surface area contributed by atoms with Crippen LogP contribution in [0.5, 0.6) is 0 Å². The highest BCUT2D eigenvalue weighted by atomic mass is 35.5. The van der Waals surface area contributed by atoms with E-state index in [0.29, 0.717) is 13.1 Å². The standard InChI is InChI=1S/C13H17ClN2O4S.ClH/c1-20-13(17)11-5-4-10(7-12(11)14)21(18,19)16-6-2-3-9(15)8-16;/h4-5,7,9H,2-3,6,8,15H2,1H3;1H. The topological polar surface area (TPSA) is 89.7 Å². The quantitative estimate of drug-likeness (QED) is 0.819. The maximum absolute atomic E-state index is 12.5. The fourth-order valence-electron chi connectivity index (χ4n) is 2.27. The summed E-state index contributed by atoms with van der Waals surface area (Å²) in [6, 6.07) is 3.82. The van der Waals surface area contributed by atoms with Gasteiger partial charge in [0.25, 0.3) is 0 Å². The summed E-state index contributed by atoms with van der Waals surface area (Å²) in [5.41, 5.74) is 5.95. The van der Waals surface area contributed by atoms with Crippen LogP contribution in [0.15, 0.2) is 23.1 Å². The van der Waals surface area contributed by atoms with E-state index in [9.17, 15) is 13.2 Å². The van der Waals surface area contributed by atoms with Crippen LogP contribution in [0.3, 0.4) is 0 Å². The van der Waals surface area contributed by atoms with E-state index in [-0.39, 0.29) is 33.9 Å². The normalized spacial score (nSPS) is 19.3. The van der Waals surface area contributed by atoms with E-state index >= 15 is 0 Å². The molecule has 124 valence electrons. The number of hydrogen-bond donors (Lipinski definition) is 1. The van der Waals surface area contributed by atoms with Crippen LogP contribution in [0.4, 0.5) is 0 Å². The Labute approximate surface area is 141 Å². The van der Waals surface area contributed by atoms with Crippen LogP contribution in [-0.4, -0.2) is 44.9 Å². The first-order valence-corrected chi connectivity index (χ1v) is 8.31. The largest absolute Gasteiger partial charge is 0.465 e. The molecule has 1 aromatic rings. The molecule has 9 heteroatoms. The SMILES string of the molecule is COC(=O)c1ccc(S(=O)(=O)N2CCCC(N)C2)cc1Cl.Cl. The predicted octanol–water partition coefficient (Wildman–Crippen LogP) is 1.66. The van der Waals surface area contributed by atoms with Crippen molar-refractivity contribution >= 4 is 40.0 Å². The van der Waals surface area contributed by atoms with E-state index in [2.05, 4.69) is 4.74 Å². The summed E-state index contributed by atoms with van der Waals surface area (Å²) in [6.07, 6.45) is 1.54. The number of esters is 1. The van der Waals surface area contributed by atoms with Gasteiger partial charge in [-0.1, -0.05) is 11.6 Å². The number of sulfonamides is 1. The minimum absolute atomic E-state index is 0. The van der Waals surface area contributed by atoms with Gasteiger partial charge in [0, 0.05) is 19.1 Å². The number of hydrogen-bond acceptors (Lipinski definition) is 5. The molecular weight excluding hydrogens is 351 g/mol. The van der Waals surface area contributed by atoms with Gasteiger partial charge in [-0.05, 0) is 31.0 Å². The lowest BCUT2D eigenvalue weighted by Gasteiger charge is -2.29. The maximum Gasteiger partial charge on any atom is 0.339 e. The van der Waals surface area contributed by atoms with Gasteiger partial charge in [0.2, 0.25) is 10.0 Å². The molecule has 2 rings (SSSR count). The van der Waals surface area contributed by atoms with E-state index in [0.717, 1.165) is 12.8 Å². The Morgan fingerprint density at radius 2 is 2.14 bits per heavy atom. The zero-order valence-electron chi connectivity index (χ0n) is 12.0. The van der Waals surface area contributed by atoms with Crippen molar-refractivity contribution in [3.05, 3.63) is 28.8 Å². The van der Waals surface area contributed by atoms with Crippen molar-refractivity contribution in [3.8, 4) is 0 Å². The Hall–Kier alpha value is -0.860. The number of ether oxygens (including phenoxy) is 1. The zero-order chi connectivity index (χ0) is 15.6. The lowest BCUT2D eigenvalue weighted by Crippen LogP contribution is -2.45. The van der Waals surface area contributed by atoms with Crippen molar-refractivity contribution in [2.24, 2.45) is 5.73 Å². The van der Waals surface area contributed by atoms with Crippen LogP contribution in [-0.2, 0) is 14.8 Å². The summed E-state index contributed by atoms with van der Waals surface area (Å²) in [6.45, 7) is 0.727. The first-order chi connectivity index (χ1) is 9.86. The molecule has 0 saturated carbocycles. The van der Waals surface area contributed by atoms with E-state index < -0.39 is 16.0 Å². The Balaban J connectivity index is 0.00000242. The fourth-order valence-corrected chi connectivity index (χ4v) is 4.16. The third kappa shape index (κ3) is 3.91. The van der Waals surface area contributed by atoms with E-state index in [4.69, 9.17) is 17.3 Å². The number of methoxy groups -OCH3 is 1. The third-order valence-electron chi connectivity index (χ3n) is 3.40. The van der Waals surface area contributed by atoms with E-state index in [1.807, 2.05) is 0 Å². The molecule has 1 atom stereocenters. The molecular formula is C13H18Cl2N2O4S. The Morgan fingerprint density at radius 1 is 1.45 bits per heavy atom. The molecule has 1 heterocycles. The number of benzene rings is 1. The molecule has 0 radical (unpaired) electrons. The first kappa shape index (κ1) is 19.2. The second-order valence-electron chi connectivity index (χ2n) is 4.90. The summed E-state index contributed by atoms with van der Waals surface area (Å²) in [5, 5.41) is 0.0456. The van der Waals surface area contributed by atoms with Gasteiger partial charge in [-0.15, -0.1) is 12.4 Å².